The molecule has 1 amide bonds. The lowest BCUT2D eigenvalue weighted by molar-refractivity contribution is -0.384. The molecule has 0 atom stereocenters. The summed E-state index contributed by atoms with van der Waals surface area (Å²) in [6.07, 6.45) is 1.44. The quantitative estimate of drug-likeness (QED) is 0.312. The summed E-state index contributed by atoms with van der Waals surface area (Å²) in [6, 6.07) is 11.8. The highest BCUT2D eigenvalue weighted by atomic mass is 16.6. The highest BCUT2D eigenvalue weighted by Gasteiger charge is 2.24. The number of carbonyl (C=O) groups excluding carboxylic acids is 1. The van der Waals surface area contributed by atoms with Crippen molar-refractivity contribution in [3.05, 3.63) is 57.6 Å². The third kappa shape index (κ3) is 4.93. The van der Waals surface area contributed by atoms with E-state index in [1.165, 1.54) is 18.2 Å². The van der Waals surface area contributed by atoms with E-state index in [1.807, 2.05) is 30.3 Å². The van der Waals surface area contributed by atoms with Gasteiger partial charge in [-0.05, 0) is 37.6 Å². The monoisotopic (exact) mass is 422 g/mol. The molecule has 0 spiro atoms. The molecule has 2 aromatic carbocycles. The molecule has 9 nitrogen and oxygen atoms in total. The Kier molecular flexibility index (Phi) is 6.72. The van der Waals surface area contributed by atoms with Crippen LogP contribution in [0.25, 0.3) is 6.08 Å². The van der Waals surface area contributed by atoms with Crippen LogP contribution in [0.4, 0.5) is 17.1 Å². The summed E-state index contributed by atoms with van der Waals surface area (Å²) in [4.78, 5) is 25.6. The Morgan fingerprint density at radius 2 is 1.81 bits per heavy atom. The number of benzene rings is 2. The first-order chi connectivity index (χ1) is 15.0. The summed E-state index contributed by atoms with van der Waals surface area (Å²) < 4.78 is 10.8. The second-order valence-electron chi connectivity index (χ2n) is 6.66. The minimum absolute atomic E-state index is 0.0720. The molecule has 0 unspecified atom stereocenters. The van der Waals surface area contributed by atoms with Crippen molar-refractivity contribution in [3.63, 3.8) is 0 Å². The van der Waals surface area contributed by atoms with Crippen LogP contribution >= 0.6 is 0 Å². The van der Waals surface area contributed by atoms with Crippen LogP contribution in [-0.2, 0) is 4.79 Å². The van der Waals surface area contributed by atoms with E-state index in [-0.39, 0.29) is 29.3 Å². The second kappa shape index (κ2) is 9.63. The van der Waals surface area contributed by atoms with Gasteiger partial charge in [-0.2, -0.15) is 5.26 Å². The Morgan fingerprint density at radius 1 is 1.19 bits per heavy atom. The minimum atomic E-state index is -0.755. The van der Waals surface area contributed by atoms with Gasteiger partial charge >= 0.3 is 0 Å². The number of hydrogen-bond donors (Lipinski definition) is 1. The molecule has 31 heavy (non-hydrogen) atoms. The summed E-state index contributed by atoms with van der Waals surface area (Å²) in [5, 5.41) is 23.3. The molecule has 0 radical (unpaired) electrons. The Morgan fingerprint density at radius 3 is 2.35 bits per heavy atom. The number of nitriles is 1. The van der Waals surface area contributed by atoms with E-state index < -0.39 is 10.8 Å². The Bertz CT molecular complexity index is 1050. The molecule has 160 valence electrons. The molecule has 1 aliphatic heterocycles. The summed E-state index contributed by atoms with van der Waals surface area (Å²) in [6.45, 7) is 6.44. The van der Waals surface area contributed by atoms with Crippen molar-refractivity contribution in [1.82, 2.24) is 0 Å². The van der Waals surface area contributed by atoms with E-state index in [4.69, 9.17) is 9.47 Å². The molecule has 0 fully saturated rings. The molecule has 1 heterocycles. The van der Waals surface area contributed by atoms with Crippen LogP contribution in [-0.4, -0.2) is 37.1 Å². The van der Waals surface area contributed by atoms with Gasteiger partial charge in [0.1, 0.15) is 30.5 Å². The molecule has 0 aliphatic carbocycles. The van der Waals surface area contributed by atoms with Crippen molar-refractivity contribution < 1.29 is 19.2 Å². The van der Waals surface area contributed by atoms with Crippen molar-refractivity contribution in [2.75, 3.05) is 36.5 Å². The number of hydrogen-bond acceptors (Lipinski definition) is 7. The molecular formula is C22H22N4O5. The molecule has 1 N–H and O–H groups in total. The van der Waals surface area contributed by atoms with Crippen molar-refractivity contribution >= 4 is 29.0 Å². The van der Waals surface area contributed by atoms with E-state index in [9.17, 15) is 20.2 Å². The number of nitrogens with one attached hydrogen (secondary N) is 1. The molecule has 1 aliphatic rings. The molecule has 0 saturated carbocycles. The van der Waals surface area contributed by atoms with Crippen molar-refractivity contribution in [1.29, 1.82) is 5.26 Å². The second-order valence-corrected chi connectivity index (χ2v) is 6.66. The highest BCUT2D eigenvalue weighted by Crippen LogP contribution is 2.39. The zero-order valence-electron chi connectivity index (χ0n) is 17.3. The summed E-state index contributed by atoms with van der Waals surface area (Å²) in [7, 11) is 0. The molecule has 3 rings (SSSR count). The van der Waals surface area contributed by atoms with E-state index in [0.717, 1.165) is 18.8 Å². The molecule has 9 heteroatoms. The van der Waals surface area contributed by atoms with Gasteiger partial charge in [-0.15, -0.1) is 0 Å². The number of rotatable bonds is 7. The van der Waals surface area contributed by atoms with Crippen molar-refractivity contribution in [2.45, 2.75) is 13.8 Å². The summed E-state index contributed by atoms with van der Waals surface area (Å²) >= 11 is 0. The van der Waals surface area contributed by atoms with Crippen LogP contribution in [0.3, 0.4) is 0 Å². The van der Waals surface area contributed by atoms with Crippen LogP contribution in [0.15, 0.2) is 42.0 Å². The van der Waals surface area contributed by atoms with Crippen LogP contribution in [0.2, 0.25) is 0 Å². The number of amides is 1. The van der Waals surface area contributed by atoms with Crippen molar-refractivity contribution in [3.8, 4) is 17.6 Å². The fourth-order valence-electron chi connectivity index (χ4n) is 3.20. The maximum atomic E-state index is 12.7. The molecular weight excluding hydrogens is 400 g/mol. The third-order valence-corrected chi connectivity index (χ3v) is 4.80. The normalized spacial score (nSPS) is 12.6. The molecule has 0 bridgehead atoms. The van der Waals surface area contributed by atoms with Gasteiger partial charge < -0.3 is 19.7 Å². The number of carbonyl (C=O) groups is 1. The number of nitro groups is 1. The average molecular weight is 422 g/mol. The molecule has 2 aromatic rings. The number of nitrogens with zero attached hydrogens (tertiary/aromatic N) is 3. The van der Waals surface area contributed by atoms with Crippen molar-refractivity contribution in [2.24, 2.45) is 0 Å². The topological polar surface area (TPSA) is 118 Å². The molecule has 0 saturated heterocycles. The standard InChI is InChI=1S/C22H22N4O5/c1-3-25(4-2)17-7-5-15(6-8-17)11-16(14-23)22(27)24-18-12-20-21(31-10-9-30-20)13-19(18)26(28)29/h5-8,11-13H,3-4,9-10H2,1-2H3,(H,24,27). The van der Waals surface area contributed by atoms with Gasteiger partial charge in [0.05, 0.1) is 11.0 Å². The van der Waals surface area contributed by atoms with Gasteiger partial charge in [0.15, 0.2) is 11.5 Å². The maximum absolute atomic E-state index is 12.7. The Balaban J connectivity index is 1.85. The Hall–Kier alpha value is -4.06. The van der Waals surface area contributed by atoms with Gasteiger partial charge in [0, 0.05) is 24.8 Å². The van der Waals surface area contributed by atoms with Gasteiger partial charge in [0.2, 0.25) is 0 Å². The minimum Gasteiger partial charge on any atom is -0.486 e. The Labute approximate surface area is 179 Å². The third-order valence-electron chi connectivity index (χ3n) is 4.80. The fourth-order valence-corrected chi connectivity index (χ4v) is 3.20. The smallest absolute Gasteiger partial charge is 0.296 e. The number of ether oxygens (including phenoxy) is 2. The first-order valence-electron chi connectivity index (χ1n) is 9.83. The summed E-state index contributed by atoms with van der Waals surface area (Å²) in [5.41, 5.74) is 1.10. The highest BCUT2D eigenvalue weighted by molar-refractivity contribution is 6.10. The average Bonchev–Trinajstić information content (AvgIpc) is 2.78. The summed E-state index contributed by atoms with van der Waals surface area (Å²) in [5.74, 6) is -0.225. The predicted octanol–water partition coefficient (Wildman–Crippen LogP) is 3.76. The van der Waals surface area contributed by atoms with Crippen LogP contribution in [0.5, 0.6) is 11.5 Å². The zero-order chi connectivity index (χ0) is 22.4. The SMILES string of the molecule is CCN(CC)c1ccc(C=C(C#N)C(=O)Nc2cc3c(cc2[N+](=O)[O-])OCCO3)cc1. The fraction of sp³-hybridized carbons (Fsp3) is 0.273. The lowest BCUT2D eigenvalue weighted by Crippen LogP contribution is -2.21. The first-order valence-corrected chi connectivity index (χ1v) is 9.83. The number of fused-ring (bicyclic) bond motifs is 1. The van der Waals surface area contributed by atoms with E-state index in [2.05, 4.69) is 24.1 Å². The van der Waals surface area contributed by atoms with E-state index in [0.29, 0.717) is 17.9 Å². The molecule has 0 aromatic heterocycles. The zero-order valence-corrected chi connectivity index (χ0v) is 17.3. The number of nitro benzene ring substituents is 1. The lowest BCUT2D eigenvalue weighted by atomic mass is 10.1. The van der Waals surface area contributed by atoms with Crippen LogP contribution < -0.4 is 19.7 Å². The van der Waals surface area contributed by atoms with Gasteiger partial charge in [-0.3, -0.25) is 14.9 Å². The van der Waals surface area contributed by atoms with Gasteiger partial charge in [0.25, 0.3) is 11.6 Å². The van der Waals surface area contributed by atoms with E-state index in [1.54, 1.807) is 0 Å². The largest absolute Gasteiger partial charge is 0.486 e. The van der Waals surface area contributed by atoms with Crippen LogP contribution in [0, 0.1) is 21.4 Å². The predicted molar refractivity (Wildman–Crippen MR) is 116 cm³/mol. The van der Waals surface area contributed by atoms with Gasteiger partial charge in [-0.25, -0.2) is 0 Å². The lowest BCUT2D eigenvalue weighted by Gasteiger charge is -2.20. The van der Waals surface area contributed by atoms with Gasteiger partial charge in [-0.1, -0.05) is 12.1 Å². The first kappa shape index (κ1) is 21.6. The van der Waals surface area contributed by atoms with Crippen LogP contribution in [0.1, 0.15) is 19.4 Å². The van der Waals surface area contributed by atoms with E-state index >= 15 is 0 Å². The maximum Gasteiger partial charge on any atom is 0.296 e. The number of anilines is 2.